The average molecular weight is 287 g/mol. The Morgan fingerprint density at radius 1 is 0.818 bits per heavy atom. The van der Waals surface area contributed by atoms with Crippen LogP contribution < -0.4 is 0 Å². The van der Waals surface area contributed by atoms with Gasteiger partial charge in [0.25, 0.3) is 0 Å². The minimum absolute atomic E-state index is 0.839. The van der Waals surface area contributed by atoms with Crippen LogP contribution in [-0.2, 0) is 0 Å². The number of nitrogens with zero attached hydrogens (tertiary/aromatic N) is 4. The summed E-state index contributed by atoms with van der Waals surface area (Å²) in [7, 11) is 0. The van der Waals surface area contributed by atoms with Crippen molar-refractivity contribution in [2.45, 2.75) is 0 Å². The van der Waals surface area contributed by atoms with Crippen molar-refractivity contribution >= 4 is 0 Å². The molecule has 2 heterocycles. The van der Waals surface area contributed by atoms with E-state index in [0.717, 1.165) is 28.2 Å². The fraction of sp³-hybridized carbons (Fsp3) is 0. The Labute approximate surface area is 127 Å². The molecule has 22 heavy (non-hydrogen) atoms. The summed E-state index contributed by atoms with van der Waals surface area (Å²) in [5.41, 5.74) is 4.71. The summed E-state index contributed by atoms with van der Waals surface area (Å²) < 4.78 is 1.84. The zero-order valence-corrected chi connectivity index (χ0v) is 11.7. The Morgan fingerprint density at radius 3 is 2.23 bits per heavy atom. The lowest BCUT2D eigenvalue weighted by atomic mass is 10.1. The summed E-state index contributed by atoms with van der Waals surface area (Å²) in [6.45, 7) is 0. The van der Waals surface area contributed by atoms with Gasteiger partial charge < -0.3 is 0 Å². The first-order chi connectivity index (χ1) is 10.9. The largest absolute Gasteiger partial charge is 0.285 e. The molecule has 0 aliphatic heterocycles. The van der Waals surface area contributed by atoms with Crippen LogP contribution in [0, 0.1) is 0 Å². The Hall–Kier alpha value is -3.21. The van der Waals surface area contributed by atoms with Gasteiger partial charge in [-0.15, -0.1) is 5.10 Å². The number of H-pyrrole nitrogens is 1. The van der Waals surface area contributed by atoms with E-state index in [0.29, 0.717) is 0 Å². The van der Waals surface area contributed by atoms with Gasteiger partial charge in [-0.1, -0.05) is 53.7 Å². The van der Waals surface area contributed by atoms with Crippen molar-refractivity contribution in [2.75, 3.05) is 0 Å². The van der Waals surface area contributed by atoms with Crippen LogP contribution >= 0.6 is 0 Å². The third kappa shape index (κ3) is 2.09. The molecular weight excluding hydrogens is 274 g/mol. The average Bonchev–Trinajstić information content (AvgIpc) is 3.25. The van der Waals surface area contributed by atoms with E-state index >= 15 is 0 Å². The molecule has 5 nitrogen and oxygen atoms in total. The molecular formula is C17H13N5. The minimum atomic E-state index is 0.839. The van der Waals surface area contributed by atoms with E-state index in [1.54, 1.807) is 6.20 Å². The van der Waals surface area contributed by atoms with Gasteiger partial charge in [-0.05, 0) is 12.1 Å². The number of para-hydroxylation sites is 1. The maximum Gasteiger partial charge on any atom is 0.121 e. The molecule has 2 aromatic carbocycles. The second-order valence-electron chi connectivity index (χ2n) is 4.89. The van der Waals surface area contributed by atoms with Crippen molar-refractivity contribution in [3.63, 3.8) is 0 Å². The first kappa shape index (κ1) is 12.5. The van der Waals surface area contributed by atoms with E-state index in [4.69, 9.17) is 0 Å². The molecule has 2 aromatic heterocycles. The normalized spacial score (nSPS) is 10.7. The molecule has 4 aromatic rings. The SMILES string of the molecule is c1ccc(-c2nnn(-c3ccccc3)c2-c2cn[nH]c2)cc1. The van der Waals surface area contributed by atoms with E-state index in [9.17, 15) is 0 Å². The van der Waals surface area contributed by atoms with Gasteiger partial charge in [0.15, 0.2) is 0 Å². The number of nitrogens with one attached hydrogen (secondary N) is 1. The number of aromatic amines is 1. The first-order valence-electron chi connectivity index (χ1n) is 6.99. The van der Waals surface area contributed by atoms with Crippen LogP contribution in [0.2, 0.25) is 0 Å². The molecule has 0 saturated heterocycles. The Morgan fingerprint density at radius 2 is 1.55 bits per heavy atom. The third-order valence-electron chi connectivity index (χ3n) is 3.49. The topological polar surface area (TPSA) is 59.4 Å². The van der Waals surface area contributed by atoms with Crippen molar-refractivity contribution < 1.29 is 0 Å². The first-order valence-corrected chi connectivity index (χ1v) is 6.99. The van der Waals surface area contributed by atoms with E-state index in [1.807, 2.05) is 71.5 Å². The summed E-state index contributed by atoms with van der Waals surface area (Å²) in [6, 6.07) is 20.0. The smallest absolute Gasteiger partial charge is 0.121 e. The van der Waals surface area contributed by atoms with E-state index in [-0.39, 0.29) is 0 Å². The highest BCUT2D eigenvalue weighted by Gasteiger charge is 2.18. The summed E-state index contributed by atoms with van der Waals surface area (Å²) in [5, 5.41) is 15.6. The standard InChI is InChI=1S/C17H13N5/c1-3-7-13(8-4-1)16-17(14-11-18-19-12-14)22(21-20-16)15-9-5-2-6-10-15/h1-12H,(H,18,19). The Balaban J connectivity index is 1.96. The number of hydrogen-bond acceptors (Lipinski definition) is 3. The molecule has 4 rings (SSSR count). The minimum Gasteiger partial charge on any atom is -0.285 e. The van der Waals surface area contributed by atoms with Crippen LogP contribution in [-0.4, -0.2) is 25.2 Å². The molecule has 0 bridgehead atoms. The summed E-state index contributed by atoms with van der Waals surface area (Å²) >= 11 is 0. The lowest BCUT2D eigenvalue weighted by Crippen LogP contribution is -1.98. The molecule has 0 aliphatic carbocycles. The third-order valence-corrected chi connectivity index (χ3v) is 3.49. The summed E-state index contributed by atoms with van der Waals surface area (Å²) in [5.74, 6) is 0. The second kappa shape index (κ2) is 5.29. The summed E-state index contributed by atoms with van der Waals surface area (Å²) in [6.07, 6.45) is 3.63. The van der Waals surface area contributed by atoms with Crippen LogP contribution in [0.25, 0.3) is 28.2 Å². The monoisotopic (exact) mass is 287 g/mol. The van der Waals surface area contributed by atoms with Crippen molar-refractivity contribution in [2.24, 2.45) is 0 Å². The van der Waals surface area contributed by atoms with Gasteiger partial charge >= 0.3 is 0 Å². The highest BCUT2D eigenvalue weighted by Crippen LogP contribution is 2.31. The Kier molecular flexibility index (Phi) is 3.01. The van der Waals surface area contributed by atoms with Gasteiger partial charge in [0.1, 0.15) is 11.4 Å². The quantitative estimate of drug-likeness (QED) is 0.629. The maximum atomic E-state index is 4.39. The molecule has 0 aliphatic rings. The molecule has 0 spiro atoms. The highest BCUT2D eigenvalue weighted by molar-refractivity contribution is 5.78. The fourth-order valence-electron chi connectivity index (χ4n) is 2.46. The van der Waals surface area contributed by atoms with Gasteiger partial charge in [-0.25, -0.2) is 4.68 Å². The number of benzene rings is 2. The van der Waals surface area contributed by atoms with Gasteiger partial charge in [0.2, 0.25) is 0 Å². The van der Waals surface area contributed by atoms with Crippen LogP contribution in [0.3, 0.4) is 0 Å². The van der Waals surface area contributed by atoms with Crippen LogP contribution in [0.15, 0.2) is 73.1 Å². The number of rotatable bonds is 3. The zero-order valence-electron chi connectivity index (χ0n) is 11.7. The zero-order chi connectivity index (χ0) is 14.8. The second-order valence-corrected chi connectivity index (χ2v) is 4.89. The molecule has 0 amide bonds. The van der Waals surface area contributed by atoms with Crippen LogP contribution in [0.5, 0.6) is 0 Å². The molecule has 0 unspecified atom stereocenters. The maximum absolute atomic E-state index is 4.39. The van der Waals surface area contributed by atoms with Gasteiger partial charge in [0.05, 0.1) is 11.9 Å². The van der Waals surface area contributed by atoms with E-state index in [1.165, 1.54) is 0 Å². The van der Waals surface area contributed by atoms with Crippen molar-refractivity contribution in [3.05, 3.63) is 73.1 Å². The summed E-state index contributed by atoms with van der Waals surface area (Å²) in [4.78, 5) is 0. The van der Waals surface area contributed by atoms with Crippen molar-refractivity contribution in [1.29, 1.82) is 0 Å². The predicted octanol–water partition coefficient (Wildman–Crippen LogP) is 3.32. The van der Waals surface area contributed by atoms with Crippen LogP contribution in [0.1, 0.15) is 0 Å². The molecule has 0 atom stereocenters. The van der Waals surface area contributed by atoms with Gasteiger partial charge in [0, 0.05) is 17.3 Å². The van der Waals surface area contributed by atoms with E-state index in [2.05, 4.69) is 20.5 Å². The molecule has 1 N–H and O–H groups in total. The van der Waals surface area contributed by atoms with E-state index < -0.39 is 0 Å². The highest BCUT2D eigenvalue weighted by atomic mass is 15.4. The number of hydrogen-bond donors (Lipinski definition) is 1. The number of aromatic nitrogens is 5. The van der Waals surface area contributed by atoms with Gasteiger partial charge in [-0.2, -0.15) is 5.10 Å². The lowest BCUT2D eigenvalue weighted by Gasteiger charge is -2.06. The molecule has 0 fully saturated rings. The van der Waals surface area contributed by atoms with Gasteiger partial charge in [-0.3, -0.25) is 5.10 Å². The van der Waals surface area contributed by atoms with Crippen molar-refractivity contribution in [3.8, 4) is 28.2 Å². The lowest BCUT2D eigenvalue weighted by molar-refractivity contribution is 0.808. The Bertz CT molecular complexity index is 807. The van der Waals surface area contributed by atoms with Crippen LogP contribution in [0.4, 0.5) is 0 Å². The predicted molar refractivity (Wildman–Crippen MR) is 84.4 cm³/mol. The molecule has 5 heteroatoms. The molecule has 0 radical (unpaired) electrons. The molecule has 106 valence electrons. The molecule has 0 saturated carbocycles. The van der Waals surface area contributed by atoms with Crippen molar-refractivity contribution in [1.82, 2.24) is 25.2 Å². The fourth-order valence-corrected chi connectivity index (χ4v) is 2.46.